The normalized spacial score (nSPS) is 28.4. The van der Waals surface area contributed by atoms with Crippen LogP contribution in [0, 0.1) is 12.8 Å². The summed E-state index contributed by atoms with van der Waals surface area (Å²) < 4.78 is 5.62. The van der Waals surface area contributed by atoms with Gasteiger partial charge in [0, 0.05) is 41.8 Å². The molecule has 190 valence electrons. The lowest BCUT2D eigenvalue weighted by atomic mass is 9.82. The van der Waals surface area contributed by atoms with Gasteiger partial charge in [-0.05, 0) is 69.9 Å². The average Bonchev–Trinajstić information content (AvgIpc) is 3.21. The van der Waals surface area contributed by atoms with Crippen molar-refractivity contribution < 1.29 is 9.53 Å². The SMILES string of the molecule is Cc1cnc2cc(NC3CC(C)NN3)nc(NC3C[C@H]4CCC[C@@H](C3)N4C(=O)OCC(C)C)c2c1. The summed E-state index contributed by atoms with van der Waals surface area (Å²) in [6.45, 7) is 8.83. The Morgan fingerprint density at radius 1 is 1.17 bits per heavy atom. The Morgan fingerprint density at radius 3 is 2.63 bits per heavy atom. The van der Waals surface area contributed by atoms with Crippen molar-refractivity contribution >= 4 is 28.6 Å². The highest BCUT2D eigenvalue weighted by atomic mass is 16.6. The second kappa shape index (κ2) is 10.1. The van der Waals surface area contributed by atoms with Crippen molar-refractivity contribution in [2.75, 3.05) is 17.2 Å². The molecular weight excluding hydrogens is 442 g/mol. The van der Waals surface area contributed by atoms with Crippen molar-refractivity contribution in [3.05, 3.63) is 23.9 Å². The molecule has 0 radical (unpaired) electrons. The summed E-state index contributed by atoms with van der Waals surface area (Å²) in [6, 6.07) is 5.25. The van der Waals surface area contributed by atoms with Gasteiger partial charge in [-0.1, -0.05) is 13.8 Å². The third-order valence-electron chi connectivity index (χ3n) is 7.30. The van der Waals surface area contributed by atoms with E-state index < -0.39 is 0 Å². The van der Waals surface area contributed by atoms with E-state index in [2.05, 4.69) is 60.2 Å². The van der Waals surface area contributed by atoms with E-state index in [4.69, 9.17) is 9.72 Å². The first-order valence-electron chi connectivity index (χ1n) is 13.1. The Morgan fingerprint density at radius 2 is 1.94 bits per heavy atom. The van der Waals surface area contributed by atoms with E-state index in [0.29, 0.717) is 18.6 Å². The zero-order valence-electron chi connectivity index (χ0n) is 21.3. The summed E-state index contributed by atoms with van der Waals surface area (Å²) >= 11 is 0. The lowest BCUT2D eigenvalue weighted by Crippen LogP contribution is -2.57. The Kier molecular flexibility index (Phi) is 6.98. The number of hydrogen-bond donors (Lipinski definition) is 4. The number of hydrazine groups is 1. The third-order valence-corrected chi connectivity index (χ3v) is 7.30. The van der Waals surface area contributed by atoms with E-state index >= 15 is 0 Å². The Labute approximate surface area is 207 Å². The van der Waals surface area contributed by atoms with Crippen LogP contribution < -0.4 is 21.5 Å². The molecule has 0 aliphatic carbocycles. The van der Waals surface area contributed by atoms with Gasteiger partial charge in [0.2, 0.25) is 0 Å². The van der Waals surface area contributed by atoms with Crippen LogP contribution in [-0.2, 0) is 4.74 Å². The molecular formula is C26H39N7O2. The van der Waals surface area contributed by atoms with E-state index in [0.717, 1.165) is 60.2 Å². The Bertz CT molecular complexity index is 1050. The van der Waals surface area contributed by atoms with Gasteiger partial charge in [-0.15, -0.1) is 0 Å². The van der Waals surface area contributed by atoms with Crippen molar-refractivity contribution in [1.82, 2.24) is 25.7 Å². The van der Waals surface area contributed by atoms with Gasteiger partial charge in [0.1, 0.15) is 11.6 Å². The minimum atomic E-state index is -0.145. The van der Waals surface area contributed by atoms with Gasteiger partial charge in [-0.3, -0.25) is 10.4 Å². The highest BCUT2D eigenvalue weighted by molar-refractivity contribution is 5.91. The summed E-state index contributed by atoms with van der Waals surface area (Å²) in [4.78, 5) is 24.6. The Hall–Kier alpha value is -2.65. The maximum absolute atomic E-state index is 12.9. The lowest BCUT2D eigenvalue weighted by molar-refractivity contribution is 0.0157. The summed E-state index contributed by atoms with van der Waals surface area (Å²) in [5, 5.41) is 8.30. The van der Waals surface area contributed by atoms with Gasteiger partial charge in [0.15, 0.2) is 0 Å². The predicted molar refractivity (Wildman–Crippen MR) is 138 cm³/mol. The molecule has 4 N–H and O–H groups in total. The number of carbonyl (C=O) groups is 1. The van der Waals surface area contributed by atoms with Crippen molar-refractivity contribution in [3.8, 4) is 0 Å². The van der Waals surface area contributed by atoms with Crippen LogP contribution in [0.2, 0.25) is 0 Å². The maximum atomic E-state index is 12.9. The number of hydrogen-bond acceptors (Lipinski definition) is 8. The fourth-order valence-corrected chi connectivity index (χ4v) is 5.70. The lowest BCUT2D eigenvalue weighted by Gasteiger charge is -2.48. The molecule has 3 fully saturated rings. The van der Waals surface area contributed by atoms with Crippen molar-refractivity contribution in [1.29, 1.82) is 0 Å². The van der Waals surface area contributed by atoms with Crippen molar-refractivity contribution in [3.63, 3.8) is 0 Å². The van der Waals surface area contributed by atoms with Gasteiger partial charge in [-0.2, -0.15) is 0 Å². The maximum Gasteiger partial charge on any atom is 0.410 e. The van der Waals surface area contributed by atoms with E-state index in [1.54, 1.807) is 0 Å². The average molecular weight is 482 g/mol. The third kappa shape index (κ3) is 5.46. The van der Waals surface area contributed by atoms with Crippen LogP contribution in [0.3, 0.4) is 0 Å². The molecule has 3 unspecified atom stereocenters. The zero-order valence-corrected chi connectivity index (χ0v) is 21.3. The second-order valence-electron chi connectivity index (χ2n) is 11.0. The Balaban J connectivity index is 1.35. The van der Waals surface area contributed by atoms with Gasteiger partial charge in [0.05, 0.1) is 18.3 Å². The number of nitrogens with zero attached hydrogens (tertiary/aromatic N) is 3. The quantitative estimate of drug-likeness (QED) is 0.488. The minimum Gasteiger partial charge on any atom is -0.449 e. The topological polar surface area (TPSA) is 103 Å². The van der Waals surface area contributed by atoms with E-state index in [9.17, 15) is 4.79 Å². The molecule has 5 heterocycles. The van der Waals surface area contributed by atoms with Crippen LogP contribution in [0.1, 0.15) is 64.9 Å². The van der Waals surface area contributed by atoms with Gasteiger partial charge >= 0.3 is 6.09 Å². The van der Waals surface area contributed by atoms with Gasteiger partial charge < -0.3 is 20.3 Å². The van der Waals surface area contributed by atoms with Crippen molar-refractivity contribution in [2.24, 2.45) is 5.92 Å². The predicted octanol–water partition coefficient (Wildman–Crippen LogP) is 4.15. The molecule has 3 saturated heterocycles. The largest absolute Gasteiger partial charge is 0.449 e. The fraction of sp³-hybridized carbons (Fsp3) is 0.654. The molecule has 5 atom stereocenters. The number of fused-ring (bicyclic) bond motifs is 3. The van der Waals surface area contributed by atoms with Crippen LogP contribution in [0.5, 0.6) is 0 Å². The van der Waals surface area contributed by atoms with Crippen LogP contribution in [0.4, 0.5) is 16.4 Å². The molecule has 0 aromatic carbocycles. The van der Waals surface area contributed by atoms with E-state index in [1.165, 1.54) is 6.42 Å². The fourth-order valence-electron chi connectivity index (χ4n) is 5.70. The summed E-state index contributed by atoms with van der Waals surface area (Å²) in [6.07, 6.45) is 7.87. The van der Waals surface area contributed by atoms with E-state index in [-0.39, 0.29) is 30.4 Å². The number of aromatic nitrogens is 2. The van der Waals surface area contributed by atoms with Crippen LogP contribution in [0.15, 0.2) is 18.3 Å². The molecule has 0 saturated carbocycles. The molecule has 3 aliphatic heterocycles. The number of pyridine rings is 2. The number of amides is 1. The van der Waals surface area contributed by atoms with Crippen molar-refractivity contribution in [2.45, 2.75) is 96.6 Å². The molecule has 9 nitrogen and oxygen atoms in total. The molecule has 2 aromatic heterocycles. The molecule has 0 spiro atoms. The minimum absolute atomic E-state index is 0.118. The molecule has 5 rings (SSSR count). The first-order chi connectivity index (χ1) is 16.9. The van der Waals surface area contributed by atoms with Crippen LogP contribution >= 0.6 is 0 Å². The number of piperidine rings is 2. The van der Waals surface area contributed by atoms with Crippen LogP contribution in [-0.4, -0.2) is 57.9 Å². The van der Waals surface area contributed by atoms with Crippen LogP contribution in [0.25, 0.3) is 10.9 Å². The van der Waals surface area contributed by atoms with Gasteiger partial charge in [0.25, 0.3) is 0 Å². The monoisotopic (exact) mass is 481 g/mol. The number of rotatable bonds is 6. The summed E-state index contributed by atoms with van der Waals surface area (Å²) in [5.74, 6) is 2.01. The molecule has 1 amide bonds. The summed E-state index contributed by atoms with van der Waals surface area (Å²) in [7, 11) is 0. The summed E-state index contributed by atoms with van der Waals surface area (Å²) in [5.41, 5.74) is 8.56. The molecule has 2 bridgehead atoms. The second-order valence-corrected chi connectivity index (χ2v) is 11.0. The number of anilines is 2. The highest BCUT2D eigenvalue weighted by Gasteiger charge is 2.42. The first kappa shape index (κ1) is 24.1. The smallest absolute Gasteiger partial charge is 0.410 e. The molecule has 3 aliphatic rings. The number of carbonyl (C=O) groups excluding carboxylic acids is 1. The molecule has 9 heteroatoms. The zero-order chi connectivity index (χ0) is 24.5. The first-order valence-corrected chi connectivity index (χ1v) is 13.1. The number of ether oxygens (including phenoxy) is 1. The number of aryl methyl sites for hydroxylation is 1. The standard InChI is InChI=1S/C26H39N7O2/c1-15(2)14-35-26(34)33-19-6-5-7-20(33)11-18(10-19)28-25-21-8-16(3)13-27-22(21)12-23(30-25)29-24-9-17(4)31-32-24/h8,12-13,15,17-20,24,31-32H,5-7,9-11,14H2,1-4H3,(H2,28,29,30)/t17?,18?,19-,20+,24?. The molecule has 35 heavy (non-hydrogen) atoms. The molecule has 2 aromatic rings. The van der Waals surface area contributed by atoms with Gasteiger partial charge in [-0.25, -0.2) is 15.2 Å². The van der Waals surface area contributed by atoms with E-state index in [1.807, 2.05) is 17.2 Å². The number of nitrogens with one attached hydrogen (secondary N) is 4. The highest BCUT2D eigenvalue weighted by Crippen LogP contribution is 2.36.